The zero-order valence-corrected chi connectivity index (χ0v) is 16.5. The van der Waals surface area contributed by atoms with Gasteiger partial charge < -0.3 is 10.6 Å². The van der Waals surface area contributed by atoms with Crippen molar-refractivity contribution in [2.75, 3.05) is 10.6 Å². The average Bonchev–Trinajstić information content (AvgIpc) is 3.22. The second kappa shape index (κ2) is 8.17. The number of benzene rings is 1. The Balaban J connectivity index is 1.51. The van der Waals surface area contributed by atoms with Crippen LogP contribution < -0.4 is 10.6 Å². The van der Waals surface area contributed by atoms with Crippen LogP contribution >= 0.6 is 15.9 Å². The maximum Gasteiger partial charge on any atom is 0.276 e. The number of nitrogens with zero attached hydrogens (tertiary/aromatic N) is 4. The third kappa shape index (κ3) is 4.82. The van der Waals surface area contributed by atoms with Gasteiger partial charge in [-0.3, -0.25) is 19.0 Å². The molecule has 8 nitrogen and oxygen atoms in total. The smallest absolute Gasteiger partial charge is 0.276 e. The highest BCUT2D eigenvalue weighted by Crippen LogP contribution is 2.16. The van der Waals surface area contributed by atoms with Crippen molar-refractivity contribution in [2.45, 2.75) is 19.9 Å². The van der Waals surface area contributed by atoms with Gasteiger partial charge in [-0.05, 0) is 53.2 Å². The Bertz CT molecular complexity index is 961. The van der Waals surface area contributed by atoms with Gasteiger partial charge >= 0.3 is 0 Å². The van der Waals surface area contributed by atoms with Crippen LogP contribution in [-0.4, -0.2) is 31.4 Å². The van der Waals surface area contributed by atoms with Crippen LogP contribution in [0.15, 0.2) is 47.2 Å². The molecule has 0 radical (unpaired) electrons. The molecule has 0 bridgehead atoms. The van der Waals surface area contributed by atoms with Crippen LogP contribution in [0, 0.1) is 6.92 Å². The first kappa shape index (κ1) is 18.8. The Morgan fingerprint density at radius 1 is 1.11 bits per heavy atom. The lowest BCUT2D eigenvalue weighted by Gasteiger charge is -2.08. The number of anilines is 2. The van der Waals surface area contributed by atoms with Crippen LogP contribution in [0.4, 0.5) is 11.4 Å². The van der Waals surface area contributed by atoms with E-state index in [1.54, 1.807) is 59.1 Å². The summed E-state index contributed by atoms with van der Waals surface area (Å²) in [4.78, 5) is 24.2. The third-order valence-electron chi connectivity index (χ3n) is 3.97. The molecule has 9 heteroatoms. The van der Waals surface area contributed by atoms with Crippen LogP contribution in [0.1, 0.15) is 22.6 Å². The number of carbonyl (C=O) groups is 2. The molecule has 0 atom stereocenters. The summed E-state index contributed by atoms with van der Waals surface area (Å²) in [6.07, 6.45) is 3.73. The van der Waals surface area contributed by atoms with Crippen molar-refractivity contribution in [2.24, 2.45) is 7.05 Å². The number of nitrogens with one attached hydrogen (secondary N) is 2. The molecule has 140 valence electrons. The molecule has 1 aromatic carbocycles. The van der Waals surface area contributed by atoms with Crippen LogP contribution in [0.3, 0.4) is 0 Å². The molecule has 0 aliphatic rings. The van der Waals surface area contributed by atoms with Gasteiger partial charge in [0, 0.05) is 36.7 Å². The zero-order chi connectivity index (χ0) is 19.4. The molecule has 2 N–H and O–H groups in total. The fourth-order valence-electron chi connectivity index (χ4n) is 2.45. The molecule has 0 fully saturated rings. The predicted molar refractivity (Wildman–Crippen MR) is 106 cm³/mol. The summed E-state index contributed by atoms with van der Waals surface area (Å²) in [6.45, 7) is 2.44. The molecule has 0 saturated heterocycles. The first-order valence-corrected chi connectivity index (χ1v) is 9.10. The molecule has 2 heterocycles. The van der Waals surface area contributed by atoms with Gasteiger partial charge in [-0.15, -0.1) is 0 Å². The minimum Gasteiger partial charge on any atom is -0.326 e. The summed E-state index contributed by atoms with van der Waals surface area (Å²) in [5, 5.41) is 13.9. The fourth-order valence-corrected chi connectivity index (χ4v) is 2.74. The number of hydrogen-bond acceptors (Lipinski definition) is 4. The Labute approximate surface area is 164 Å². The number of rotatable bonds is 6. The highest BCUT2D eigenvalue weighted by atomic mass is 79.9. The Kier molecular flexibility index (Phi) is 5.70. The van der Waals surface area contributed by atoms with Crippen molar-refractivity contribution in [3.05, 3.63) is 58.6 Å². The average molecular weight is 431 g/mol. The molecule has 2 aromatic heterocycles. The lowest BCUT2D eigenvalue weighted by Crippen LogP contribution is -2.16. The van der Waals surface area contributed by atoms with Crippen LogP contribution in [0.2, 0.25) is 0 Å². The Morgan fingerprint density at radius 2 is 1.78 bits per heavy atom. The standard InChI is InChI=1S/C18H19BrN6O2/c1-12-15(19)11-20-25(12)10-8-17(26)21-13-3-5-14(6-4-13)22-18(27)16-7-9-24(2)23-16/h3-7,9,11H,8,10H2,1-2H3,(H,21,26)(H,22,27). The van der Waals surface area contributed by atoms with Gasteiger partial charge in [0.2, 0.25) is 5.91 Å². The summed E-state index contributed by atoms with van der Waals surface area (Å²) in [5.41, 5.74) is 2.61. The molecule has 0 saturated carbocycles. The summed E-state index contributed by atoms with van der Waals surface area (Å²) in [5.74, 6) is -0.389. The quantitative estimate of drug-likeness (QED) is 0.628. The van der Waals surface area contributed by atoms with E-state index in [9.17, 15) is 9.59 Å². The first-order valence-electron chi connectivity index (χ1n) is 8.31. The number of amides is 2. The van der Waals surface area contributed by atoms with E-state index in [0.717, 1.165) is 10.2 Å². The molecule has 27 heavy (non-hydrogen) atoms. The van der Waals surface area contributed by atoms with Crippen molar-refractivity contribution >= 4 is 39.1 Å². The van der Waals surface area contributed by atoms with Crippen LogP contribution in [0.5, 0.6) is 0 Å². The van der Waals surface area contributed by atoms with E-state index in [1.165, 1.54) is 0 Å². The number of halogens is 1. The molecule has 3 rings (SSSR count). The molecule has 3 aromatic rings. The van der Waals surface area contributed by atoms with E-state index in [0.29, 0.717) is 30.0 Å². The number of aromatic nitrogens is 4. The van der Waals surface area contributed by atoms with Gasteiger partial charge in [0.05, 0.1) is 17.2 Å². The predicted octanol–water partition coefficient (Wildman–Crippen LogP) is 2.97. The van der Waals surface area contributed by atoms with Crippen molar-refractivity contribution in [1.82, 2.24) is 19.6 Å². The summed E-state index contributed by atoms with van der Waals surface area (Å²) in [6, 6.07) is 8.57. The van der Waals surface area contributed by atoms with Crippen molar-refractivity contribution in [3.8, 4) is 0 Å². The van der Waals surface area contributed by atoms with E-state index in [-0.39, 0.29) is 11.8 Å². The maximum absolute atomic E-state index is 12.1. The number of hydrogen-bond donors (Lipinski definition) is 2. The van der Waals surface area contributed by atoms with Gasteiger partial charge in [0.25, 0.3) is 5.91 Å². The largest absolute Gasteiger partial charge is 0.326 e. The van der Waals surface area contributed by atoms with E-state index < -0.39 is 0 Å². The lowest BCUT2D eigenvalue weighted by molar-refractivity contribution is -0.116. The van der Waals surface area contributed by atoms with Gasteiger partial charge in [0.15, 0.2) is 5.69 Å². The number of carbonyl (C=O) groups excluding carboxylic acids is 2. The van der Waals surface area contributed by atoms with Crippen molar-refractivity contribution in [1.29, 1.82) is 0 Å². The van der Waals surface area contributed by atoms with E-state index in [4.69, 9.17) is 0 Å². The lowest BCUT2D eigenvalue weighted by atomic mass is 10.2. The van der Waals surface area contributed by atoms with E-state index in [2.05, 4.69) is 36.8 Å². The van der Waals surface area contributed by atoms with Gasteiger partial charge in [0.1, 0.15) is 0 Å². The second-order valence-electron chi connectivity index (χ2n) is 6.01. The highest BCUT2D eigenvalue weighted by Gasteiger charge is 2.10. The Morgan fingerprint density at radius 3 is 2.33 bits per heavy atom. The third-order valence-corrected chi connectivity index (χ3v) is 4.75. The highest BCUT2D eigenvalue weighted by molar-refractivity contribution is 9.10. The molecular formula is C18H19BrN6O2. The minimum atomic E-state index is -0.284. The summed E-state index contributed by atoms with van der Waals surface area (Å²) in [7, 11) is 1.75. The topological polar surface area (TPSA) is 93.8 Å². The van der Waals surface area contributed by atoms with E-state index in [1.807, 2.05) is 6.92 Å². The summed E-state index contributed by atoms with van der Waals surface area (Å²) >= 11 is 3.40. The second-order valence-corrected chi connectivity index (χ2v) is 6.86. The fraction of sp³-hybridized carbons (Fsp3) is 0.222. The summed E-state index contributed by atoms with van der Waals surface area (Å²) < 4.78 is 4.27. The zero-order valence-electron chi connectivity index (χ0n) is 14.9. The van der Waals surface area contributed by atoms with Gasteiger partial charge in [-0.25, -0.2) is 0 Å². The monoisotopic (exact) mass is 430 g/mol. The molecule has 0 aliphatic heterocycles. The van der Waals surface area contributed by atoms with E-state index >= 15 is 0 Å². The maximum atomic E-state index is 12.1. The molecule has 2 amide bonds. The van der Waals surface area contributed by atoms with Crippen LogP contribution in [-0.2, 0) is 18.4 Å². The normalized spacial score (nSPS) is 10.6. The van der Waals surface area contributed by atoms with Gasteiger partial charge in [-0.2, -0.15) is 10.2 Å². The van der Waals surface area contributed by atoms with Crippen molar-refractivity contribution < 1.29 is 9.59 Å². The SMILES string of the molecule is Cc1c(Br)cnn1CCC(=O)Nc1ccc(NC(=O)c2ccn(C)n2)cc1. The van der Waals surface area contributed by atoms with Gasteiger partial charge in [-0.1, -0.05) is 0 Å². The van der Waals surface area contributed by atoms with Crippen molar-refractivity contribution in [3.63, 3.8) is 0 Å². The molecule has 0 spiro atoms. The van der Waals surface area contributed by atoms with Crippen LogP contribution in [0.25, 0.3) is 0 Å². The first-order chi connectivity index (χ1) is 12.9. The molecule has 0 unspecified atom stereocenters. The Hall–Kier alpha value is -2.94. The number of aryl methyl sites for hydroxylation is 2. The molecule has 0 aliphatic carbocycles. The minimum absolute atomic E-state index is 0.105. The molecular weight excluding hydrogens is 412 g/mol.